The van der Waals surface area contributed by atoms with E-state index < -0.39 is 0 Å². The Morgan fingerprint density at radius 1 is 1.35 bits per heavy atom. The van der Waals surface area contributed by atoms with E-state index in [1.54, 1.807) is 20.4 Å². The maximum atomic E-state index is 10.9. The lowest BCUT2D eigenvalue weighted by Crippen LogP contribution is -2.06. The molecule has 1 aromatic carbocycles. The molecule has 0 aliphatic heterocycles. The van der Waals surface area contributed by atoms with Crippen LogP contribution in [0.3, 0.4) is 0 Å². The highest BCUT2D eigenvalue weighted by molar-refractivity contribution is 8.13. The molecular formula is C14H17N3O2S. The second kappa shape index (κ2) is 7.09. The normalized spacial score (nSPS) is 10.5. The van der Waals surface area contributed by atoms with E-state index in [0.29, 0.717) is 0 Å². The topological polar surface area (TPSA) is 57.0 Å². The van der Waals surface area contributed by atoms with Crippen LogP contribution in [0, 0.1) is 0 Å². The van der Waals surface area contributed by atoms with Gasteiger partial charge in [0.05, 0.1) is 13.7 Å². The van der Waals surface area contributed by atoms with Gasteiger partial charge >= 0.3 is 0 Å². The molecule has 0 fully saturated rings. The maximum Gasteiger partial charge on any atom is 0.185 e. The monoisotopic (exact) mass is 291 g/mol. The van der Waals surface area contributed by atoms with Crippen LogP contribution in [-0.4, -0.2) is 32.7 Å². The number of aryl methyl sites for hydroxylation is 1. The van der Waals surface area contributed by atoms with E-state index in [4.69, 9.17) is 4.74 Å². The summed E-state index contributed by atoms with van der Waals surface area (Å²) < 4.78 is 7.14. The zero-order valence-corrected chi connectivity index (χ0v) is 12.4. The van der Waals surface area contributed by atoms with Crippen molar-refractivity contribution >= 4 is 16.9 Å². The van der Waals surface area contributed by atoms with Gasteiger partial charge in [-0.05, 0) is 17.7 Å². The number of hydrogen-bond donors (Lipinski definition) is 0. The van der Waals surface area contributed by atoms with Crippen molar-refractivity contribution in [2.24, 2.45) is 0 Å². The summed E-state index contributed by atoms with van der Waals surface area (Å²) in [7, 11) is 1.65. The number of ether oxygens (including phenoxy) is 1. The van der Waals surface area contributed by atoms with Crippen molar-refractivity contribution < 1.29 is 9.53 Å². The Balaban J connectivity index is 1.98. The zero-order valence-electron chi connectivity index (χ0n) is 11.6. The van der Waals surface area contributed by atoms with E-state index in [0.717, 1.165) is 35.9 Å². The average molecular weight is 291 g/mol. The summed E-state index contributed by atoms with van der Waals surface area (Å²) >= 11 is 1.31. The minimum absolute atomic E-state index is 0.131. The summed E-state index contributed by atoms with van der Waals surface area (Å²) in [5.41, 5.74) is 1.16. The number of aromatic nitrogens is 3. The number of carbonyl (C=O) groups is 1. The van der Waals surface area contributed by atoms with Gasteiger partial charge in [0, 0.05) is 19.1 Å². The van der Waals surface area contributed by atoms with Crippen LogP contribution < -0.4 is 4.74 Å². The van der Waals surface area contributed by atoms with E-state index in [1.165, 1.54) is 11.8 Å². The van der Waals surface area contributed by atoms with Crippen molar-refractivity contribution in [3.8, 4) is 5.75 Å². The van der Waals surface area contributed by atoms with Crippen molar-refractivity contribution in [1.82, 2.24) is 14.8 Å². The Kier molecular flexibility index (Phi) is 5.17. The highest BCUT2D eigenvalue weighted by Gasteiger charge is 2.06. The summed E-state index contributed by atoms with van der Waals surface area (Å²) in [5, 5.41) is 8.18. The number of thioether (sulfide) groups is 1. The molecule has 0 unspecified atom stereocenters. The first-order chi connectivity index (χ1) is 9.69. The second-order valence-electron chi connectivity index (χ2n) is 4.31. The third kappa shape index (κ3) is 4.09. The van der Waals surface area contributed by atoms with Crippen LogP contribution in [-0.2, 0) is 17.8 Å². The van der Waals surface area contributed by atoms with E-state index in [1.807, 2.05) is 28.8 Å². The zero-order chi connectivity index (χ0) is 14.4. The number of carbonyl (C=O) groups excluding carboxylic acids is 1. The van der Waals surface area contributed by atoms with E-state index >= 15 is 0 Å². The molecule has 0 atom stereocenters. The molecule has 6 heteroatoms. The van der Waals surface area contributed by atoms with Crippen LogP contribution in [0.4, 0.5) is 0 Å². The first-order valence-electron chi connectivity index (χ1n) is 6.32. The highest BCUT2D eigenvalue weighted by Crippen LogP contribution is 2.13. The molecule has 20 heavy (non-hydrogen) atoms. The summed E-state index contributed by atoms with van der Waals surface area (Å²) in [4.78, 5) is 10.9. The molecule has 0 saturated carbocycles. The van der Waals surface area contributed by atoms with Crippen LogP contribution >= 0.6 is 11.8 Å². The van der Waals surface area contributed by atoms with Gasteiger partial charge in [0.25, 0.3) is 0 Å². The van der Waals surface area contributed by atoms with Gasteiger partial charge in [0.2, 0.25) is 0 Å². The Hall–Kier alpha value is -1.82. The number of nitrogens with zero attached hydrogens (tertiary/aromatic N) is 3. The van der Waals surface area contributed by atoms with Crippen LogP contribution in [0.5, 0.6) is 5.75 Å². The predicted molar refractivity (Wildman–Crippen MR) is 79.0 cm³/mol. The standard InChI is InChI=1S/C14H17N3O2S/c1-11(18)20-8-7-14-16-15-10-17(14)9-12-3-5-13(19-2)6-4-12/h3-6,10H,7-9H2,1-2H3. The molecule has 2 rings (SSSR count). The summed E-state index contributed by atoms with van der Waals surface area (Å²) in [6.07, 6.45) is 2.46. The van der Waals surface area contributed by atoms with Crippen molar-refractivity contribution in [3.05, 3.63) is 42.0 Å². The molecule has 0 aliphatic rings. The fraction of sp³-hybridized carbons (Fsp3) is 0.357. The molecule has 0 saturated heterocycles. The summed E-state index contributed by atoms with van der Waals surface area (Å²) in [6.45, 7) is 2.30. The highest BCUT2D eigenvalue weighted by atomic mass is 32.2. The molecule has 1 aromatic heterocycles. The molecular weight excluding hydrogens is 274 g/mol. The first-order valence-corrected chi connectivity index (χ1v) is 7.30. The fourth-order valence-electron chi connectivity index (χ4n) is 1.82. The van der Waals surface area contributed by atoms with E-state index in [-0.39, 0.29) is 5.12 Å². The van der Waals surface area contributed by atoms with Gasteiger partial charge in [0.1, 0.15) is 17.9 Å². The molecule has 2 aromatic rings. The smallest absolute Gasteiger partial charge is 0.185 e. The SMILES string of the molecule is COc1ccc(Cn2cnnc2CCSC(C)=O)cc1. The van der Waals surface area contributed by atoms with Gasteiger partial charge in [-0.15, -0.1) is 10.2 Å². The Morgan fingerprint density at radius 2 is 2.10 bits per heavy atom. The van der Waals surface area contributed by atoms with Gasteiger partial charge in [-0.3, -0.25) is 4.79 Å². The van der Waals surface area contributed by atoms with Gasteiger partial charge < -0.3 is 9.30 Å². The molecule has 5 nitrogen and oxygen atoms in total. The number of hydrogen-bond acceptors (Lipinski definition) is 5. The van der Waals surface area contributed by atoms with Crippen LogP contribution in [0.25, 0.3) is 0 Å². The Bertz CT molecular complexity index is 566. The molecule has 0 N–H and O–H groups in total. The third-order valence-corrected chi connectivity index (χ3v) is 3.65. The van der Waals surface area contributed by atoms with Crippen LogP contribution in [0.15, 0.2) is 30.6 Å². The van der Waals surface area contributed by atoms with E-state index in [2.05, 4.69) is 10.2 Å². The van der Waals surface area contributed by atoms with Crippen molar-refractivity contribution in [2.45, 2.75) is 19.9 Å². The lowest BCUT2D eigenvalue weighted by molar-refractivity contribution is -0.109. The maximum absolute atomic E-state index is 10.9. The molecule has 0 aliphatic carbocycles. The van der Waals surface area contributed by atoms with Crippen LogP contribution in [0.2, 0.25) is 0 Å². The van der Waals surface area contributed by atoms with Crippen molar-refractivity contribution in [2.75, 3.05) is 12.9 Å². The fourth-order valence-corrected chi connectivity index (χ4v) is 2.39. The lowest BCUT2D eigenvalue weighted by atomic mass is 10.2. The molecule has 0 spiro atoms. The Labute approximate surface area is 122 Å². The predicted octanol–water partition coefficient (Wildman–Crippen LogP) is 2.16. The lowest BCUT2D eigenvalue weighted by Gasteiger charge is -2.07. The molecule has 106 valence electrons. The van der Waals surface area contributed by atoms with E-state index in [9.17, 15) is 4.79 Å². The number of rotatable bonds is 6. The molecule has 0 amide bonds. The first kappa shape index (κ1) is 14.6. The molecule has 0 radical (unpaired) electrons. The third-order valence-electron chi connectivity index (χ3n) is 2.84. The van der Waals surface area contributed by atoms with Crippen molar-refractivity contribution in [1.29, 1.82) is 0 Å². The van der Waals surface area contributed by atoms with Crippen molar-refractivity contribution in [3.63, 3.8) is 0 Å². The van der Waals surface area contributed by atoms with Gasteiger partial charge in [-0.1, -0.05) is 23.9 Å². The van der Waals surface area contributed by atoms with Gasteiger partial charge in [0.15, 0.2) is 5.12 Å². The Morgan fingerprint density at radius 3 is 2.75 bits per heavy atom. The molecule has 0 bridgehead atoms. The molecule has 1 heterocycles. The minimum atomic E-state index is 0.131. The quantitative estimate of drug-likeness (QED) is 0.816. The largest absolute Gasteiger partial charge is 0.497 e. The minimum Gasteiger partial charge on any atom is -0.497 e. The van der Waals surface area contributed by atoms with Gasteiger partial charge in [-0.25, -0.2) is 0 Å². The average Bonchev–Trinajstić information content (AvgIpc) is 2.87. The summed E-state index contributed by atoms with van der Waals surface area (Å²) in [5.74, 6) is 2.47. The van der Waals surface area contributed by atoms with Gasteiger partial charge in [-0.2, -0.15) is 0 Å². The number of methoxy groups -OCH3 is 1. The van der Waals surface area contributed by atoms with Crippen LogP contribution in [0.1, 0.15) is 18.3 Å². The second-order valence-corrected chi connectivity index (χ2v) is 5.59. The number of benzene rings is 1. The summed E-state index contributed by atoms with van der Waals surface area (Å²) in [6, 6.07) is 7.91.